The van der Waals surface area contributed by atoms with Crippen LogP contribution < -0.4 is 11.1 Å². The number of fused-ring (bicyclic) bond motifs is 1. The Balaban J connectivity index is 2.42. The van der Waals surface area contributed by atoms with Gasteiger partial charge in [-0.05, 0) is 30.2 Å². The first-order valence-corrected chi connectivity index (χ1v) is 4.44. The van der Waals surface area contributed by atoms with Gasteiger partial charge in [0, 0.05) is 23.8 Å². The van der Waals surface area contributed by atoms with Crippen molar-refractivity contribution in [3.63, 3.8) is 0 Å². The molecule has 0 aliphatic carbocycles. The molecule has 0 amide bonds. The fourth-order valence-electron chi connectivity index (χ4n) is 1.79. The van der Waals surface area contributed by atoms with Crippen LogP contribution in [0.25, 0.3) is 0 Å². The van der Waals surface area contributed by atoms with Crippen LogP contribution in [0, 0.1) is 0 Å². The van der Waals surface area contributed by atoms with E-state index in [1.807, 2.05) is 6.07 Å². The van der Waals surface area contributed by atoms with Crippen LogP contribution in [0.5, 0.6) is 0 Å². The Bertz CT molecular complexity index is 294. The van der Waals surface area contributed by atoms with Crippen LogP contribution in [-0.4, -0.2) is 6.54 Å². The van der Waals surface area contributed by atoms with Crippen LogP contribution in [0.2, 0.25) is 0 Å². The standard InChI is InChI=1S/C10H14N2/c1-2-7-6-12-10-4-3-8(11)5-9(7)10/h3-5,7,12H,2,6,11H2,1H3/t7-/m1/s1. The minimum absolute atomic E-state index is 0.656. The topological polar surface area (TPSA) is 38.0 Å². The minimum atomic E-state index is 0.656. The molecule has 0 aromatic heterocycles. The van der Waals surface area contributed by atoms with E-state index in [0.29, 0.717) is 5.92 Å². The average Bonchev–Trinajstić information content (AvgIpc) is 2.46. The van der Waals surface area contributed by atoms with Crippen molar-refractivity contribution in [3.8, 4) is 0 Å². The maximum Gasteiger partial charge on any atom is 0.0377 e. The fourth-order valence-corrected chi connectivity index (χ4v) is 1.79. The molecule has 0 saturated heterocycles. The van der Waals surface area contributed by atoms with E-state index < -0.39 is 0 Å². The molecule has 0 radical (unpaired) electrons. The van der Waals surface area contributed by atoms with E-state index in [1.165, 1.54) is 17.7 Å². The molecular weight excluding hydrogens is 148 g/mol. The first kappa shape index (κ1) is 7.47. The van der Waals surface area contributed by atoms with E-state index >= 15 is 0 Å². The number of nitrogen functional groups attached to an aromatic ring is 1. The van der Waals surface area contributed by atoms with Gasteiger partial charge in [-0.1, -0.05) is 6.92 Å². The highest BCUT2D eigenvalue weighted by molar-refractivity contribution is 5.62. The van der Waals surface area contributed by atoms with Crippen LogP contribution >= 0.6 is 0 Å². The summed E-state index contributed by atoms with van der Waals surface area (Å²) in [4.78, 5) is 0. The molecule has 3 N–H and O–H groups in total. The maximum atomic E-state index is 5.72. The molecule has 0 saturated carbocycles. The Morgan fingerprint density at radius 3 is 3.17 bits per heavy atom. The summed E-state index contributed by atoms with van der Waals surface area (Å²) in [5, 5.41) is 3.37. The van der Waals surface area contributed by atoms with E-state index in [1.54, 1.807) is 0 Å². The predicted molar refractivity (Wildman–Crippen MR) is 52.4 cm³/mol. The number of rotatable bonds is 1. The highest BCUT2D eigenvalue weighted by Gasteiger charge is 2.19. The summed E-state index contributed by atoms with van der Waals surface area (Å²) in [6, 6.07) is 6.10. The van der Waals surface area contributed by atoms with Gasteiger partial charge in [-0.15, -0.1) is 0 Å². The molecule has 0 spiro atoms. The zero-order chi connectivity index (χ0) is 8.55. The highest BCUT2D eigenvalue weighted by Crippen LogP contribution is 2.34. The molecule has 1 heterocycles. The monoisotopic (exact) mass is 162 g/mol. The summed E-state index contributed by atoms with van der Waals surface area (Å²) in [5.74, 6) is 0.656. The van der Waals surface area contributed by atoms with Crippen LogP contribution in [0.1, 0.15) is 24.8 Å². The van der Waals surface area contributed by atoms with Gasteiger partial charge in [0.1, 0.15) is 0 Å². The van der Waals surface area contributed by atoms with E-state index in [-0.39, 0.29) is 0 Å². The summed E-state index contributed by atoms with van der Waals surface area (Å²) < 4.78 is 0. The van der Waals surface area contributed by atoms with Crippen molar-refractivity contribution >= 4 is 11.4 Å². The first-order valence-electron chi connectivity index (χ1n) is 4.44. The third-order valence-corrected chi connectivity index (χ3v) is 2.55. The maximum absolute atomic E-state index is 5.72. The summed E-state index contributed by atoms with van der Waals surface area (Å²) in [6.07, 6.45) is 1.18. The van der Waals surface area contributed by atoms with Crippen molar-refractivity contribution in [2.45, 2.75) is 19.3 Å². The zero-order valence-corrected chi connectivity index (χ0v) is 7.30. The number of nitrogens with one attached hydrogen (secondary N) is 1. The van der Waals surface area contributed by atoms with Crippen molar-refractivity contribution < 1.29 is 0 Å². The average molecular weight is 162 g/mol. The fraction of sp³-hybridized carbons (Fsp3) is 0.400. The van der Waals surface area contributed by atoms with Crippen molar-refractivity contribution in [1.82, 2.24) is 0 Å². The van der Waals surface area contributed by atoms with E-state index in [4.69, 9.17) is 5.73 Å². The lowest BCUT2D eigenvalue weighted by Gasteiger charge is -2.05. The summed E-state index contributed by atoms with van der Waals surface area (Å²) in [5.41, 5.74) is 9.24. The normalized spacial score (nSPS) is 20.2. The molecule has 1 aromatic rings. The third kappa shape index (κ3) is 1.04. The number of nitrogens with two attached hydrogens (primary N) is 1. The summed E-state index contributed by atoms with van der Waals surface area (Å²) in [6.45, 7) is 3.28. The Morgan fingerprint density at radius 2 is 2.42 bits per heavy atom. The smallest absolute Gasteiger partial charge is 0.0377 e. The van der Waals surface area contributed by atoms with E-state index in [0.717, 1.165) is 12.2 Å². The molecule has 1 aliphatic rings. The molecule has 2 rings (SSSR count). The van der Waals surface area contributed by atoms with Crippen LogP contribution in [0.4, 0.5) is 11.4 Å². The number of hydrogen-bond acceptors (Lipinski definition) is 2. The van der Waals surface area contributed by atoms with Gasteiger partial charge in [0.2, 0.25) is 0 Å². The van der Waals surface area contributed by atoms with Crippen molar-refractivity contribution in [3.05, 3.63) is 23.8 Å². The van der Waals surface area contributed by atoms with Crippen molar-refractivity contribution in [2.75, 3.05) is 17.6 Å². The third-order valence-electron chi connectivity index (χ3n) is 2.55. The molecule has 1 aliphatic heterocycles. The van der Waals surface area contributed by atoms with Gasteiger partial charge in [0.15, 0.2) is 0 Å². The van der Waals surface area contributed by atoms with Gasteiger partial charge in [0.25, 0.3) is 0 Å². The predicted octanol–water partition coefficient (Wildman–Crippen LogP) is 2.19. The second-order valence-corrected chi connectivity index (χ2v) is 3.33. The lowest BCUT2D eigenvalue weighted by Crippen LogP contribution is -1.99. The number of anilines is 2. The summed E-state index contributed by atoms with van der Waals surface area (Å²) >= 11 is 0. The number of benzene rings is 1. The number of hydrogen-bond donors (Lipinski definition) is 2. The molecule has 1 atom stereocenters. The molecule has 1 aromatic carbocycles. The van der Waals surface area contributed by atoms with Crippen LogP contribution in [-0.2, 0) is 0 Å². The molecule has 0 unspecified atom stereocenters. The summed E-state index contributed by atoms with van der Waals surface area (Å²) in [7, 11) is 0. The second kappa shape index (κ2) is 2.70. The quantitative estimate of drug-likeness (QED) is 0.621. The first-order chi connectivity index (χ1) is 5.81. The van der Waals surface area contributed by atoms with Crippen molar-refractivity contribution in [1.29, 1.82) is 0 Å². The van der Waals surface area contributed by atoms with E-state index in [9.17, 15) is 0 Å². The Kier molecular flexibility index (Phi) is 1.68. The van der Waals surface area contributed by atoms with E-state index in [2.05, 4.69) is 24.4 Å². The van der Waals surface area contributed by atoms with Crippen molar-refractivity contribution in [2.24, 2.45) is 0 Å². The molecule has 0 fully saturated rings. The van der Waals surface area contributed by atoms with Gasteiger partial charge in [0.05, 0.1) is 0 Å². The zero-order valence-electron chi connectivity index (χ0n) is 7.30. The molecular formula is C10H14N2. The van der Waals surface area contributed by atoms with Gasteiger partial charge < -0.3 is 11.1 Å². The highest BCUT2D eigenvalue weighted by atomic mass is 14.9. The SMILES string of the molecule is CC[C@@H]1CNc2ccc(N)cc21. The van der Waals surface area contributed by atoms with Gasteiger partial charge >= 0.3 is 0 Å². The Morgan fingerprint density at radius 1 is 1.58 bits per heavy atom. The largest absolute Gasteiger partial charge is 0.399 e. The lowest BCUT2D eigenvalue weighted by molar-refractivity contribution is 0.727. The molecule has 64 valence electrons. The van der Waals surface area contributed by atoms with Crippen LogP contribution in [0.15, 0.2) is 18.2 Å². The molecule has 0 bridgehead atoms. The minimum Gasteiger partial charge on any atom is -0.399 e. The molecule has 12 heavy (non-hydrogen) atoms. The molecule has 2 nitrogen and oxygen atoms in total. The second-order valence-electron chi connectivity index (χ2n) is 3.33. The Labute approximate surface area is 72.8 Å². The van der Waals surface area contributed by atoms with Gasteiger partial charge in [-0.3, -0.25) is 0 Å². The Hall–Kier alpha value is -1.18. The van der Waals surface area contributed by atoms with Gasteiger partial charge in [-0.25, -0.2) is 0 Å². The lowest BCUT2D eigenvalue weighted by atomic mass is 9.98. The molecule has 2 heteroatoms. The van der Waals surface area contributed by atoms with Crippen LogP contribution in [0.3, 0.4) is 0 Å². The van der Waals surface area contributed by atoms with Gasteiger partial charge in [-0.2, -0.15) is 0 Å².